The van der Waals surface area contributed by atoms with Crippen LogP contribution in [0.3, 0.4) is 0 Å². The van der Waals surface area contributed by atoms with Gasteiger partial charge in [0.25, 0.3) is 0 Å². The van der Waals surface area contributed by atoms with E-state index in [1.54, 1.807) is 0 Å². The van der Waals surface area contributed by atoms with Gasteiger partial charge >= 0.3 is 0 Å². The monoisotopic (exact) mass is 275 g/mol. The molecule has 0 aromatic rings. The standard InChI is InChI=1S/C14H29NO2S/c1-3-11-18(16,17)12-10-15-14(4-2)13-8-6-5-7-9-13/h13-15H,3-12H2,1-2H3. The molecule has 0 aromatic carbocycles. The summed E-state index contributed by atoms with van der Waals surface area (Å²) in [6.07, 6.45) is 8.52. The van der Waals surface area contributed by atoms with Crippen LogP contribution in [-0.2, 0) is 9.84 Å². The molecule has 1 N–H and O–H groups in total. The minimum Gasteiger partial charge on any atom is -0.313 e. The maximum atomic E-state index is 11.6. The van der Waals surface area contributed by atoms with Crippen LogP contribution < -0.4 is 5.32 Å². The van der Waals surface area contributed by atoms with Gasteiger partial charge in [-0.05, 0) is 31.6 Å². The van der Waals surface area contributed by atoms with Crippen LogP contribution in [0.4, 0.5) is 0 Å². The zero-order valence-electron chi connectivity index (χ0n) is 12.0. The average Bonchev–Trinajstić information content (AvgIpc) is 2.35. The Balaban J connectivity index is 2.31. The molecule has 0 heterocycles. The largest absolute Gasteiger partial charge is 0.313 e. The van der Waals surface area contributed by atoms with Gasteiger partial charge in [-0.1, -0.05) is 33.1 Å². The molecule has 0 aliphatic heterocycles. The molecular formula is C14H29NO2S. The van der Waals surface area contributed by atoms with Gasteiger partial charge < -0.3 is 5.32 Å². The zero-order valence-corrected chi connectivity index (χ0v) is 12.8. The number of hydrogen-bond acceptors (Lipinski definition) is 3. The number of hydrogen-bond donors (Lipinski definition) is 1. The van der Waals surface area contributed by atoms with Crippen molar-refractivity contribution in [2.45, 2.75) is 64.8 Å². The molecule has 0 aromatic heterocycles. The molecule has 1 aliphatic rings. The van der Waals surface area contributed by atoms with Crippen LogP contribution >= 0.6 is 0 Å². The average molecular weight is 275 g/mol. The van der Waals surface area contributed by atoms with E-state index in [0.717, 1.165) is 18.8 Å². The Hall–Kier alpha value is -0.0900. The van der Waals surface area contributed by atoms with Crippen LogP contribution in [0, 0.1) is 5.92 Å². The van der Waals surface area contributed by atoms with Crippen molar-refractivity contribution >= 4 is 9.84 Å². The summed E-state index contributed by atoms with van der Waals surface area (Å²) in [5.41, 5.74) is 0. The maximum Gasteiger partial charge on any atom is 0.151 e. The molecule has 4 heteroatoms. The molecule has 18 heavy (non-hydrogen) atoms. The Labute approximate surface area is 113 Å². The van der Waals surface area contributed by atoms with E-state index < -0.39 is 9.84 Å². The molecule has 1 saturated carbocycles. The molecular weight excluding hydrogens is 246 g/mol. The van der Waals surface area contributed by atoms with Gasteiger partial charge in [0.05, 0.1) is 5.75 Å². The van der Waals surface area contributed by atoms with Gasteiger partial charge in [0, 0.05) is 18.3 Å². The summed E-state index contributed by atoms with van der Waals surface area (Å²) in [7, 11) is -2.83. The summed E-state index contributed by atoms with van der Waals surface area (Å²) in [5, 5.41) is 3.47. The topological polar surface area (TPSA) is 46.2 Å². The van der Waals surface area contributed by atoms with Crippen molar-refractivity contribution in [2.24, 2.45) is 5.92 Å². The first kappa shape index (κ1) is 16.0. The predicted molar refractivity (Wildman–Crippen MR) is 77.6 cm³/mol. The van der Waals surface area contributed by atoms with Gasteiger partial charge in [0.1, 0.15) is 0 Å². The SMILES string of the molecule is CCCS(=O)(=O)CCNC(CC)C1CCCCC1. The van der Waals surface area contributed by atoms with Crippen molar-refractivity contribution in [3.05, 3.63) is 0 Å². The Morgan fingerprint density at radius 1 is 1.11 bits per heavy atom. The van der Waals surface area contributed by atoms with E-state index in [1.165, 1.54) is 32.1 Å². The van der Waals surface area contributed by atoms with Gasteiger partial charge in [0.2, 0.25) is 0 Å². The highest BCUT2D eigenvalue weighted by Gasteiger charge is 2.22. The van der Waals surface area contributed by atoms with Crippen LogP contribution in [-0.4, -0.2) is 32.5 Å². The second kappa shape index (κ2) is 8.16. The summed E-state index contributed by atoms with van der Waals surface area (Å²) in [4.78, 5) is 0. The normalized spacial score (nSPS) is 19.9. The van der Waals surface area contributed by atoms with E-state index >= 15 is 0 Å². The van der Waals surface area contributed by atoms with Crippen LogP contribution in [0.1, 0.15) is 58.8 Å². The van der Waals surface area contributed by atoms with Gasteiger partial charge in [-0.15, -0.1) is 0 Å². The lowest BCUT2D eigenvalue weighted by atomic mass is 9.83. The summed E-state index contributed by atoms with van der Waals surface area (Å²) < 4.78 is 23.3. The molecule has 3 nitrogen and oxygen atoms in total. The molecule has 1 rings (SSSR count). The summed E-state index contributed by atoms with van der Waals surface area (Å²) in [6, 6.07) is 0.516. The molecule has 1 unspecified atom stereocenters. The Kier molecular flexibility index (Phi) is 7.23. The van der Waals surface area contributed by atoms with E-state index in [-0.39, 0.29) is 0 Å². The van der Waals surface area contributed by atoms with E-state index in [2.05, 4.69) is 12.2 Å². The first-order valence-electron chi connectivity index (χ1n) is 7.53. The van der Waals surface area contributed by atoms with Crippen molar-refractivity contribution in [1.82, 2.24) is 5.32 Å². The fourth-order valence-corrected chi connectivity index (χ4v) is 4.25. The second-order valence-corrected chi connectivity index (χ2v) is 7.82. The Bertz CT molecular complexity index is 308. The Morgan fingerprint density at radius 3 is 2.33 bits per heavy atom. The number of rotatable bonds is 8. The molecule has 0 amide bonds. The zero-order chi connectivity index (χ0) is 13.4. The fourth-order valence-electron chi connectivity index (χ4n) is 2.99. The highest BCUT2D eigenvalue weighted by molar-refractivity contribution is 7.91. The fraction of sp³-hybridized carbons (Fsp3) is 1.00. The molecule has 1 aliphatic carbocycles. The second-order valence-electron chi connectivity index (χ2n) is 5.52. The number of sulfone groups is 1. The van der Waals surface area contributed by atoms with E-state index in [1.807, 2.05) is 6.92 Å². The third kappa shape index (κ3) is 5.70. The quantitative estimate of drug-likeness (QED) is 0.741. The summed E-state index contributed by atoms with van der Waals surface area (Å²) in [6.45, 7) is 4.74. The van der Waals surface area contributed by atoms with Gasteiger partial charge in [0.15, 0.2) is 9.84 Å². The van der Waals surface area contributed by atoms with Crippen molar-refractivity contribution in [1.29, 1.82) is 0 Å². The highest BCUT2D eigenvalue weighted by atomic mass is 32.2. The van der Waals surface area contributed by atoms with Crippen LogP contribution in [0.2, 0.25) is 0 Å². The minimum absolute atomic E-state index is 0.296. The molecule has 0 bridgehead atoms. The van der Waals surface area contributed by atoms with Crippen molar-refractivity contribution in [2.75, 3.05) is 18.1 Å². The van der Waals surface area contributed by atoms with Crippen molar-refractivity contribution in [3.63, 3.8) is 0 Å². The summed E-state index contributed by atoms with van der Waals surface area (Å²) in [5.74, 6) is 1.39. The van der Waals surface area contributed by atoms with Gasteiger partial charge in [-0.3, -0.25) is 0 Å². The minimum atomic E-state index is -2.83. The van der Waals surface area contributed by atoms with Crippen LogP contribution in [0.15, 0.2) is 0 Å². The van der Waals surface area contributed by atoms with E-state index in [4.69, 9.17) is 0 Å². The molecule has 0 spiro atoms. The lowest BCUT2D eigenvalue weighted by Crippen LogP contribution is -2.39. The van der Waals surface area contributed by atoms with E-state index in [0.29, 0.717) is 24.1 Å². The predicted octanol–water partition coefficient (Wildman–Crippen LogP) is 2.76. The van der Waals surface area contributed by atoms with Crippen molar-refractivity contribution < 1.29 is 8.42 Å². The third-order valence-electron chi connectivity index (χ3n) is 3.99. The third-order valence-corrected chi connectivity index (χ3v) is 5.85. The molecule has 1 atom stereocenters. The van der Waals surface area contributed by atoms with Gasteiger partial charge in [-0.2, -0.15) is 0 Å². The first-order valence-corrected chi connectivity index (χ1v) is 9.35. The lowest BCUT2D eigenvalue weighted by Gasteiger charge is -2.30. The lowest BCUT2D eigenvalue weighted by molar-refractivity contribution is 0.266. The molecule has 0 radical (unpaired) electrons. The van der Waals surface area contributed by atoms with Crippen molar-refractivity contribution in [3.8, 4) is 0 Å². The van der Waals surface area contributed by atoms with Crippen LogP contribution in [0.5, 0.6) is 0 Å². The molecule has 0 saturated heterocycles. The molecule has 108 valence electrons. The van der Waals surface area contributed by atoms with Crippen LogP contribution in [0.25, 0.3) is 0 Å². The first-order chi connectivity index (χ1) is 8.59. The molecule has 1 fully saturated rings. The highest BCUT2D eigenvalue weighted by Crippen LogP contribution is 2.27. The van der Waals surface area contributed by atoms with Gasteiger partial charge in [-0.25, -0.2) is 8.42 Å². The smallest absolute Gasteiger partial charge is 0.151 e. The Morgan fingerprint density at radius 2 is 1.78 bits per heavy atom. The summed E-state index contributed by atoms with van der Waals surface area (Å²) >= 11 is 0. The maximum absolute atomic E-state index is 11.6. The van der Waals surface area contributed by atoms with E-state index in [9.17, 15) is 8.42 Å². The number of nitrogens with one attached hydrogen (secondary N) is 1.